The number of nitrogens with zero attached hydrogens (tertiary/aromatic N) is 6. The molecule has 10 heteroatoms. The van der Waals surface area contributed by atoms with Crippen molar-refractivity contribution in [3.8, 4) is 22.7 Å². The van der Waals surface area contributed by atoms with E-state index in [0.717, 1.165) is 52.1 Å². The number of methoxy groups -OCH3 is 1. The van der Waals surface area contributed by atoms with Gasteiger partial charge in [-0.1, -0.05) is 26.0 Å². The summed E-state index contributed by atoms with van der Waals surface area (Å²) in [5, 5.41) is 10.2. The normalized spacial score (nSPS) is 15.5. The number of rotatable bonds is 6. The highest BCUT2D eigenvalue weighted by Gasteiger charge is 2.32. The summed E-state index contributed by atoms with van der Waals surface area (Å²) in [6.45, 7) is 7.64. The molecule has 0 atom stereocenters. The van der Waals surface area contributed by atoms with Gasteiger partial charge >= 0.3 is 11.8 Å². The summed E-state index contributed by atoms with van der Waals surface area (Å²) < 4.78 is 7.34. The average Bonchev–Trinajstić information content (AvgIpc) is 3.82. The van der Waals surface area contributed by atoms with Crippen LogP contribution >= 0.6 is 0 Å². The van der Waals surface area contributed by atoms with Crippen molar-refractivity contribution in [2.75, 3.05) is 38.2 Å². The maximum Gasteiger partial charge on any atom is 0.407 e. The van der Waals surface area contributed by atoms with Gasteiger partial charge in [0.25, 0.3) is 0 Å². The number of carbonyl (C=O) groups is 1. The van der Waals surface area contributed by atoms with E-state index in [0.29, 0.717) is 49.2 Å². The van der Waals surface area contributed by atoms with E-state index in [1.165, 1.54) is 4.90 Å². The van der Waals surface area contributed by atoms with Crippen LogP contribution in [0.1, 0.15) is 55.3 Å². The quantitative estimate of drug-likeness (QED) is 0.356. The predicted octanol–water partition coefficient (Wildman–Crippen LogP) is 4.96. The first-order chi connectivity index (χ1) is 19.8. The van der Waals surface area contributed by atoms with E-state index in [1.54, 1.807) is 17.9 Å². The number of pyridine rings is 2. The van der Waals surface area contributed by atoms with E-state index in [4.69, 9.17) is 9.72 Å². The van der Waals surface area contributed by atoms with Crippen LogP contribution in [0.3, 0.4) is 0 Å². The zero-order chi connectivity index (χ0) is 28.8. The van der Waals surface area contributed by atoms with Gasteiger partial charge in [-0.3, -0.25) is 4.98 Å². The molecular formula is C31H34N6O4. The molecule has 6 rings (SSSR count). The van der Waals surface area contributed by atoms with Gasteiger partial charge in [-0.05, 0) is 67.0 Å². The molecule has 1 N–H and O–H groups in total. The first-order valence-electron chi connectivity index (χ1n) is 14.1. The molecule has 0 radical (unpaired) electrons. The zero-order valence-corrected chi connectivity index (χ0v) is 23.8. The van der Waals surface area contributed by atoms with Crippen LogP contribution in [0.15, 0.2) is 47.4 Å². The van der Waals surface area contributed by atoms with Gasteiger partial charge in [-0.2, -0.15) is 4.98 Å². The lowest BCUT2D eigenvalue weighted by molar-refractivity contribution is 0.142. The predicted molar refractivity (Wildman–Crippen MR) is 158 cm³/mol. The molecule has 1 aliphatic carbocycles. The summed E-state index contributed by atoms with van der Waals surface area (Å²) in [4.78, 5) is 43.6. The molecule has 2 aliphatic rings. The second-order valence-corrected chi connectivity index (χ2v) is 11.1. The Balaban J connectivity index is 1.67. The van der Waals surface area contributed by atoms with Gasteiger partial charge in [0.1, 0.15) is 11.6 Å². The standard InChI is InChI=1S/C31H34N6O4/c1-18(2)25-27(19(3)11-12-32-25)37-29-23(28(34-30(37)38)35-13-15-36(16-14-35)31(39)40)17-22(20-9-10-20)26(33-29)21-7-5-6-8-24(21)41-4/h5-8,11-12,17-18,20H,9-10,13-16H2,1-4H3,(H,39,40). The Kier molecular flexibility index (Phi) is 6.84. The van der Waals surface area contributed by atoms with E-state index in [-0.39, 0.29) is 5.92 Å². The zero-order valence-electron chi connectivity index (χ0n) is 23.8. The van der Waals surface area contributed by atoms with Gasteiger partial charge in [-0.15, -0.1) is 0 Å². The van der Waals surface area contributed by atoms with Crippen molar-refractivity contribution in [2.24, 2.45) is 0 Å². The number of aromatic nitrogens is 4. The van der Waals surface area contributed by atoms with Crippen LogP contribution in [0.2, 0.25) is 0 Å². The lowest BCUT2D eigenvalue weighted by Crippen LogP contribution is -2.49. The Bertz CT molecular complexity index is 1700. The van der Waals surface area contributed by atoms with Gasteiger partial charge in [0.2, 0.25) is 0 Å². The van der Waals surface area contributed by atoms with Gasteiger partial charge in [0, 0.05) is 37.9 Å². The number of amides is 1. The third-order valence-electron chi connectivity index (χ3n) is 8.03. The smallest absolute Gasteiger partial charge is 0.407 e. The van der Waals surface area contributed by atoms with Gasteiger partial charge in [-0.25, -0.2) is 19.1 Å². The monoisotopic (exact) mass is 554 g/mol. The van der Waals surface area contributed by atoms with E-state index in [1.807, 2.05) is 42.2 Å². The summed E-state index contributed by atoms with van der Waals surface area (Å²) in [5.74, 6) is 1.68. The molecular weight excluding hydrogens is 520 g/mol. The number of fused-ring (bicyclic) bond motifs is 1. The van der Waals surface area contributed by atoms with Crippen LogP contribution in [0.5, 0.6) is 5.75 Å². The third-order valence-corrected chi connectivity index (χ3v) is 8.03. The molecule has 1 saturated carbocycles. The van der Waals surface area contributed by atoms with Crippen molar-refractivity contribution >= 4 is 22.9 Å². The van der Waals surface area contributed by atoms with Crippen LogP contribution in [0, 0.1) is 6.92 Å². The van der Waals surface area contributed by atoms with Crippen LogP contribution in [-0.4, -0.2) is 68.9 Å². The number of aryl methyl sites for hydroxylation is 1. The van der Waals surface area contributed by atoms with E-state index in [2.05, 4.69) is 29.9 Å². The lowest BCUT2D eigenvalue weighted by atomic mass is 9.99. The van der Waals surface area contributed by atoms with Crippen molar-refractivity contribution in [3.63, 3.8) is 0 Å². The Hall–Kier alpha value is -4.47. The van der Waals surface area contributed by atoms with Crippen LogP contribution < -0.4 is 15.3 Å². The third kappa shape index (κ3) is 4.77. The fourth-order valence-corrected chi connectivity index (χ4v) is 5.74. The van der Waals surface area contributed by atoms with Crippen LogP contribution in [0.4, 0.5) is 10.6 Å². The minimum Gasteiger partial charge on any atom is -0.496 e. The minimum atomic E-state index is -0.940. The number of ether oxygens (including phenoxy) is 1. The summed E-state index contributed by atoms with van der Waals surface area (Å²) in [6, 6.07) is 11.9. The Morgan fingerprint density at radius 2 is 1.80 bits per heavy atom. The van der Waals surface area contributed by atoms with E-state index < -0.39 is 11.8 Å². The number of hydrogen-bond donors (Lipinski definition) is 1. The molecule has 3 aromatic heterocycles. The molecule has 4 aromatic rings. The number of piperazine rings is 1. The summed E-state index contributed by atoms with van der Waals surface area (Å²) in [5.41, 5.74) is 5.24. The molecule has 212 valence electrons. The van der Waals surface area contributed by atoms with Crippen LogP contribution in [-0.2, 0) is 0 Å². The minimum absolute atomic E-state index is 0.0649. The number of para-hydroxylation sites is 1. The molecule has 1 saturated heterocycles. The Morgan fingerprint density at radius 1 is 1.07 bits per heavy atom. The highest BCUT2D eigenvalue weighted by atomic mass is 16.5. The van der Waals surface area contributed by atoms with Crippen molar-refractivity contribution in [1.29, 1.82) is 0 Å². The van der Waals surface area contributed by atoms with Crippen molar-refractivity contribution in [1.82, 2.24) is 24.4 Å². The van der Waals surface area contributed by atoms with Crippen molar-refractivity contribution in [2.45, 2.75) is 45.4 Å². The molecule has 0 unspecified atom stereocenters. The highest BCUT2D eigenvalue weighted by Crippen LogP contribution is 2.47. The number of benzene rings is 1. The van der Waals surface area contributed by atoms with Gasteiger partial charge < -0.3 is 19.6 Å². The van der Waals surface area contributed by atoms with Crippen molar-refractivity contribution in [3.05, 3.63) is 69.9 Å². The number of hydrogen-bond acceptors (Lipinski definition) is 7. The van der Waals surface area contributed by atoms with E-state index in [9.17, 15) is 14.7 Å². The topological polar surface area (TPSA) is 114 Å². The lowest BCUT2D eigenvalue weighted by Gasteiger charge is -2.34. The summed E-state index contributed by atoms with van der Waals surface area (Å²) in [6.07, 6.45) is 2.96. The molecule has 0 spiro atoms. The molecule has 4 heterocycles. The Morgan fingerprint density at radius 3 is 2.46 bits per heavy atom. The molecule has 2 fully saturated rings. The Labute approximate surface area is 238 Å². The molecule has 41 heavy (non-hydrogen) atoms. The highest BCUT2D eigenvalue weighted by molar-refractivity contribution is 5.92. The van der Waals surface area contributed by atoms with Crippen molar-refractivity contribution < 1.29 is 14.6 Å². The number of carboxylic acid groups (broad SMARTS) is 1. The average molecular weight is 555 g/mol. The van der Waals surface area contributed by atoms with E-state index >= 15 is 0 Å². The fraction of sp³-hybridized carbons (Fsp3) is 0.387. The second kappa shape index (κ2) is 10.5. The largest absolute Gasteiger partial charge is 0.496 e. The fourth-order valence-electron chi connectivity index (χ4n) is 5.74. The molecule has 1 aliphatic heterocycles. The molecule has 10 nitrogen and oxygen atoms in total. The molecule has 1 amide bonds. The first kappa shape index (κ1) is 26.7. The van der Waals surface area contributed by atoms with Gasteiger partial charge in [0.15, 0.2) is 5.65 Å². The SMILES string of the molecule is COc1ccccc1-c1nc2c(cc1C1CC1)c(N1CCN(C(=O)O)CC1)nc(=O)n2-c1c(C)ccnc1C(C)C. The van der Waals surface area contributed by atoms with Crippen LogP contribution in [0.25, 0.3) is 28.0 Å². The van der Waals surface area contributed by atoms with Gasteiger partial charge in [0.05, 0.1) is 29.6 Å². The maximum atomic E-state index is 14.0. The second-order valence-electron chi connectivity index (χ2n) is 11.1. The molecule has 1 aromatic carbocycles. The summed E-state index contributed by atoms with van der Waals surface area (Å²) in [7, 11) is 1.65. The first-order valence-corrected chi connectivity index (χ1v) is 14.1. The number of anilines is 1. The maximum absolute atomic E-state index is 14.0. The summed E-state index contributed by atoms with van der Waals surface area (Å²) >= 11 is 0. The molecule has 0 bridgehead atoms.